The molecule has 1 aliphatic carbocycles. The first-order chi connectivity index (χ1) is 9.11. The van der Waals surface area contributed by atoms with Crippen LogP contribution < -0.4 is 5.73 Å². The molecule has 1 amide bonds. The number of hydrogen-bond donors (Lipinski definition) is 1. The molecule has 0 spiro atoms. The van der Waals surface area contributed by atoms with Crippen molar-refractivity contribution in [1.82, 2.24) is 4.98 Å². The number of nitrogens with two attached hydrogens (primary N) is 1. The van der Waals surface area contributed by atoms with Crippen LogP contribution in [-0.4, -0.2) is 22.5 Å². The zero-order chi connectivity index (χ0) is 13.6. The van der Waals surface area contributed by atoms with Crippen molar-refractivity contribution in [2.24, 2.45) is 5.73 Å². The maximum atomic E-state index is 12.4. The second-order valence-electron chi connectivity index (χ2n) is 4.15. The molecule has 19 heavy (non-hydrogen) atoms. The Morgan fingerprint density at radius 2 is 1.58 bits per heavy atom. The van der Waals surface area contributed by atoms with Gasteiger partial charge in [-0.1, -0.05) is 24.3 Å². The van der Waals surface area contributed by atoms with Gasteiger partial charge in [0.2, 0.25) is 0 Å². The average Bonchev–Trinajstić information content (AvgIpc) is 2.44. The number of carbonyl (C=O) groups excluding carboxylic acids is 3. The molecule has 3 rings (SSSR count). The van der Waals surface area contributed by atoms with Gasteiger partial charge in [0.25, 0.3) is 5.91 Å². The molecule has 0 aliphatic heterocycles. The van der Waals surface area contributed by atoms with Gasteiger partial charge in [0.15, 0.2) is 11.6 Å². The molecule has 0 atom stereocenters. The van der Waals surface area contributed by atoms with Gasteiger partial charge in [-0.05, 0) is 6.07 Å². The van der Waals surface area contributed by atoms with Gasteiger partial charge in [-0.15, -0.1) is 0 Å². The Hall–Kier alpha value is -2.82. The molecule has 2 N–H and O–H groups in total. The molecule has 92 valence electrons. The second kappa shape index (κ2) is 3.84. The highest BCUT2D eigenvalue weighted by molar-refractivity contribution is 6.30. The minimum absolute atomic E-state index is 0.00120. The largest absolute Gasteiger partial charge is 0.364 e. The van der Waals surface area contributed by atoms with E-state index in [0.29, 0.717) is 5.56 Å². The van der Waals surface area contributed by atoms with Crippen molar-refractivity contribution in [3.8, 4) is 0 Å². The molecular formula is C14H8N2O3. The van der Waals surface area contributed by atoms with E-state index in [2.05, 4.69) is 4.98 Å². The highest BCUT2D eigenvalue weighted by atomic mass is 16.2. The monoisotopic (exact) mass is 252 g/mol. The van der Waals surface area contributed by atoms with Crippen molar-refractivity contribution in [2.75, 3.05) is 0 Å². The smallest absolute Gasteiger partial charge is 0.268 e. The third kappa shape index (κ3) is 1.48. The van der Waals surface area contributed by atoms with E-state index in [1.807, 2.05) is 0 Å². The van der Waals surface area contributed by atoms with E-state index in [0.717, 1.165) is 0 Å². The first kappa shape index (κ1) is 11.3. The number of primary amides is 1. The number of ketones is 2. The summed E-state index contributed by atoms with van der Waals surface area (Å²) in [6.45, 7) is 0. The van der Waals surface area contributed by atoms with Crippen LogP contribution in [-0.2, 0) is 0 Å². The Morgan fingerprint density at radius 1 is 0.947 bits per heavy atom. The van der Waals surface area contributed by atoms with E-state index in [1.165, 1.54) is 12.3 Å². The van der Waals surface area contributed by atoms with Crippen LogP contribution in [0.5, 0.6) is 0 Å². The summed E-state index contributed by atoms with van der Waals surface area (Å²) in [5.41, 5.74) is 5.82. The first-order valence-electron chi connectivity index (χ1n) is 5.58. The number of aromatic nitrogens is 1. The van der Waals surface area contributed by atoms with Crippen LogP contribution in [0.25, 0.3) is 0 Å². The van der Waals surface area contributed by atoms with Crippen molar-refractivity contribution in [1.29, 1.82) is 0 Å². The van der Waals surface area contributed by atoms with E-state index >= 15 is 0 Å². The van der Waals surface area contributed by atoms with Gasteiger partial charge in [-0.3, -0.25) is 19.4 Å². The van der Waals surface area contributed by atoms with Crippen LogP contribution in [0.2, 0.25) is 0 Å². The van der Waals surface area contributed by atoms with Crippen LogP contribution in [0.1, 0.15) is 42.3 Å². The molecule has 5 nitrogen and oxygen atoms in total. The zero-order valence-electron chi connectivity index (χ0n) is 9.71. The van der Waals surface area contributed by atoms with E-state index in [4.69, 9.17) is 5.73 Å². The van der Waals surface area contributed by atoms with Gasteiger partial charge in [0, 0.05) is 22.9 Å². The summed E-state index contributed by atoms with van der Waals surface area (Å²) in [6, 6.07) is 7.91. The van der Waals surface area contributed by atoms with Gasteiger partial charge in [-0.25, -0.2) is 0 Å². The van der Waals surface area contributed by atoms with Crippen molar-refractivity contribution in [3.63, 3.8) is 0 Å². The van der Waals surface area contributed by atoms with Crippen LogP contribution in [0.4, 0.5) is 0 Å². The molecule has 1 aromatic carbocycles. The molecule has 0 saturated carbocycles. The van der Waals surface area contributed by atoms with Crippen molar-refractivity contribution in [2.45, 2.75) is 0 Å². The number of pyridine rings is 1. The fourth-order valence-electron chi connectivity index (χ4n) is 2.23. The summed E-state index contributed by atoms with van der Waals surface area (Å²) in [7, 11) is 0. The van der Waals surface area contributed by atoms with Crippen LogP contribution in [0, 0.1) is 0 Å². The quantitative estimate of drug-likeness (QED) is 0.698. The molecular weight excluding hydrogens is 244 g/mol. The standard InChI is InChI=1S/C14H8N2O3/c15-14(19)11-10-9(5-6-16-11)12(17)7-3-1-2-4-8(7)13(10)18/h1-6H,(H2,15,19). The summed E-state index contributed by atoms with van der Waals surface area (Å²) in [5, 5.41) is 0. The maximum Gasteiger partial charge on any atom is 0.268 e. The van der Waals surface area contributed by atoms with E-state index < -0.39 is 11.7 Å². The Bertz CT molecular complexity index is 750. The number of fused-ring (bicyclic) bond motifs is 2. The maximum absolute atomic E-state index is 12.4. The second-order valence-corrected chi connectivity index (χ2v) is 4.15. The van der Waals surface area contributed by atoms with Crippen molar-refractivity contribution in [3.05, 3.63) is 64.5 Å². The lowest BCUT2D eigenvalue weighted by atomic mass is 9.83. The van der Waals surface area contributed by atoms with Crippen molar-refractivity contribution >= 4 is 17.5 Å². The third-order valence-electron chi connectivity index (χ3n) is 3.07. The summed E-state index contributed by atoms with van der Waals surface area (Å²) in [4.78, 5) is 39.8. The Labute approximate surface area is 108 Å². The van der Waals surface area contributed by atoms with Crippen LogP contribution in [0.3, 0.4) is 0 Å². The average molecular weight is 252 g/mol. The lowest BCUT2D eigenvalue weighted by molar-refractivity contribution is 0.0960. The van der Waals surface area contributed by atoms with Crippen LogP contribution >= 0.6 is 0 Å². The summed E-state index contributed by atoms with van der Waals surface area (Å²) in [5.74, 6) is -1.51. The zero-order valence-corrected chi connectivity index (χ0v) is 9.71. The molecule has 0 bridgehead atoms. The predicted octanol–water partition coefficient (Wildman–Crippen LogP) is 0.956. The fraction of sp³-hybridized carbons (Fsp3) is 0. The Kier molecular flexibility index (Phi) is 2.28. The third-order valence-corrected chi connectivity index (χ3v) is 3.07. The molecule has 0 radical (unpaired) electrons. The summed E-state index contributed by atoms with van der Waals surface area (Å²) < 4.78 is 0. The number of carbonyl (C=O) groups is 3. The predicted molar refractivity (Wildman–Crippen MR) is 66.1 cm³/mol. The summed E-state index contributed by atoms with van der Waals surface area (Å²) in [6.07, 6.45) is 1.30. The lowest BCUT2D eigenvalue weighted by Crippen LogP contribution is -2.26. The van der Waals surface area contributed by atoms with Gasteiger partial charge in [0.1, 0.15) is 5.69 Å². The molecule has 1 aromatic heterocycles. The fourth-order valence-corrected chi connectivity index (χ4v) is 2.23. The Morgan fingerprint density at radius 3 is 2.21 bits per heavy atom. The van der Waals surface area contributed by atoms with Gasteiger partial charge < -0.3 is 5.73 Å². The molecule has 1 aliphatic rings. The first-order valence-corrected chi connectivity index (χ1v) is 5.58. The topological polar surface area (TPSA) is 90.1 Å². The molecule has 0 saturated heterocycles. The van der Waals surface area contributed by atoms with Gasteiger partial charge in [0.05, 0.1) is 5.56 Å². The lowest BCUT2D eigenvalue weighted by Gasteiger charge is -2.18. The molecule has 0 unspecified atom stereocenters. The van der Waals surface area contributed by atoms with Crippen molar-refractivity contribution < 1.29 is 14.4 Å². The number of rotatable bonds is 1. The number of hydrogen-bond acceptors (Lipinski definition) is 4. The minimum Gasteiger partial charge on any atom is -0.364 e. The number of nitrogens with zero attached hydrogens (tertiary/aromatic N) is 1. The van der Waals surface area contributed by atoms with E-state index in [1.54, 1.807) is 24.3 Å². The van der Waals surface area contributed by atoms with E-state index in [9.17, 15) is 14.4 Å². The molecule has 0 fully saturated rings. The molecule has 5 heteroatoms. The normalized spacial score (nSPS) is 12.8. The Balaban J connectivity index is 2.36. The highest BCUT2D eigenvalue weighted by Crippen LogP contribution is 2.28. The molecule has 2 aromatic rings. The van der Waals surface area contributed by atoms with Gasteiger partial charge >= 0.3 is 0 Å². The van der Waals surface area contributed by atoms with Gasteiger partial charge in [-0.2, -0.15) is 0 Å². The minimum atomic E-state index is -0.822. The SMILES string of the molecule is NC(=O)c1nccc2c1C(=O)c1ccccc1C2=O. The molecule has 1 heterocycles. The van der Waals surface area contributed by atoms with Crippen LogP contribution in [0.15, 0.2) is 36.5 Å². The van der Waals surface area contributed by atoms with E-state index in [-0.39, 0.29) is 28.2 Å². The number of amides is 1. The summed E-state index contributed by atoms with van der Waals surface area (Å²) >= 11 is 0. The number of benzene rings is 1. The highest BCUT2D eigenvalue weighted by Gasteiger charge is 2.32.